The Labute approximate surface area is 109 Å². The van der Waals surface area contributed by atoms with Crippen molar-refractivity contribution in [2.75, 3.05) is 26.3 Å². The molecule has 18 heavy (non-hydrogen) atoms. The number of aromatic nitrogens is 1. The molecular weight excluding hydrogens is 228 g/mol. The topological polar surface area (TPSA) is 34.6 Å². The van der Waals surface area contributed by atoms with Crippen LogP contribution in [0.1, 0.15) is 25.3 Å². The summed E-state index contributed by atoms with van der Waals surface area (Å²) in [5.74, 6) is 0. The van der Waals surface area contributed by atoms with Crippen LogP contribution in [0, 0.1) is 0 Å². The molecule has 1 fully saturated rings. The van der Waals surface area contributed by atoms with Crippen LogP contribution >= 0.6 is 0 Å². The predicted molar refractivity (Wildman–Crippen MR) is 70.1 cm³/mol. The Morgan fingerprint density at radius 2 is 2.00 bits per heavy atom. The molecule has 0 N–H and O–H groups in total. The van der Waals surface area contributed by atoms with E-state index in [2.05, 4.69) is 28.9 Å². The molecule has 0 saturated carbocycles. The van der Waals surface area contributed by atoms with E-state index in [-0.39, 0.29) is 6.29 Å². The zero-order valence-corrected chi connectivity index (χ0v) is 11.0. The second-order valence-corrected chi connectivity index (χ2v) is 4.54. The average molecular weight is 250 g/mol. The van der Waals surface area contributed by atoms with Crippen LogP contribution in [0.15, 0.2) is 24.5 Å². The third kappa shape index (κ3) is 4.37. The van der Waals surface area contributed by atoms with Crippen LogP contribution in [0.2, 0.25) is 0 Å². The molecule has 100 valence electrons. The van der Waals surface area contributed by atoms with E-state index in [0.29, 0.717) is 0 Å². The monoisotopic (exact) mass is 250 g/mol. The van der Waals surface area contributed by atoms with Gasteiger partial charge in [0, 0.05) is 31.9 Å². The van der Waals surface area contributed by atoms with Crippen LogP contribution in [0.4, 0.5) is 0 Å². The summed E-state index contributed by atoms with van der Waals surface area (Å²) in [6.07, 6.45) is 5.64. The molecule has 0 aliphatic carbocycles. The highest BCUT2D eigenvalue weighted by atomic mass is 16.7. The van der Waals surface area contributed by atoms with Crippen molar-refractivity contribution in [1.29, 1.82) is 0 Å². The first kappa shape index (κ1) is 13.5. The van der Waals surface area contributed by atoms with Crippen LogP contribution in [0.3, 0.4) is 0 Å². The van der Waals surface area contributed by atoms with Crippen LogP contribution < -0.4 is 0 Å². The van der Waals surface area contributed by atoms with Crippen molar-refractivity contribution >= 4 is 0 Å². The highest BCUT2D eigenvalue weighted by Crippen LogP contribution is 2.11. The Morgan fingerprint density at radius 3 is 2.67 bits per heavy atom. The molecule has 0 radical (unpaired) electrons. The van der Waals surface area contributed by atoms with Crippen LogP contribution in [-0.2, 0) is 16.0 Å². The molecule has 1 saturated heterocycles. The molecule has 1 aromatic rings. The molecule has 0 aromatic carbocycles. The number of pyridine rings is 1. The molecule has 0 bridgehead atoms. The van der Waals surface area contributed by atoms with Gasteiger partial charge in [-0.25, -0.2) is 0 Å². The highest BCUT2D eigenvalue weighted by Gasteiger charge is 2.15. The fourth-order valence-electron chi connectivity index (χ4n) is 2.09. The predicted octanol–water partition coefficient (Wildman–Crippen LogP) is 2.06. The first-order valence-electron chi connectivity index (χ1n) is 6.73. The molecular formula is C14H22N2O2. The zero-order chi connectivity index (χ0) is 12.6. The van der Waals surface area contributed by atoms with Gasteiger partial charge in [-0.3, -0.25) is 9.88 Å². The highest BCUT2D eigenvalue weighted by molar-refractivity contribution is 5.09. The van der Waals surface area contributed by atoms with Crippen molar-refractivity contribution in [2.45, 2.75) is 32.6 Å². The minimum atomic E-state index is -0.00904. The molecule has 4 nitrogen and oxygen atoms in total. The summed E-state index contributed by atoms with van der Waals surface area (Å²) in [6.45, 7) is 6.86. The molecule has 4 heteroatoms. The molecule has 1 aliphatic rings. The lowest BCUT2D eigenvalue weighted by Crippen LogP contribution is -2.31. The maximum Gasteiger partial charge on any atom is 0.158 e. The first-order chi connectivity index (χ1) is 8.88. The number of nitrogens with zero attached hydrogens (tertiary/aromatic N) is 2. The van der Waals surface area contributed by atoms with Crippen LogP contribution in [-0.4, -0.2) is 42.5 Å². The molecule has 1 aliphatic heterocycles. The van der Waals surface area contributed by atoms with E-state index in [4.69, 9.17) is 9.47 Å². The number of hydrogen-bond donors (Lipinski definition) is 0. The normalized spacial score (nSPS) is 17.2. The van der Waals surface area contributed by atoms with E-state index in [1.165, 1.54) is 5.56 Å². The van der Waals surface area contributed by atoms with Gasteiger partial charge in [0.25, 0.3) is 0 Å². The third-order valence-corrected chi connectivity index (χ3v) is 3.18. The largest absolute Gasteiger partial charge is 0.353 e. The Balaban J connectivity index is 1.75. The number of hydrogen-bond acceptors (Lipinski definition) is 4. The minimum absolute atomic E-state index is 0.00904. The second-order valence-electron chi connectivity index (χ2n) is 4.54. The molecule has 0 amide bonds. The molecule has 0 unspecified atom stereocenters. The lowest BCUT2D eigenvalue weighted by Gasteiger charge is -2.26. The Hall–Kier alpha value is -0.970. The standard InChI is InChI=1S/C14H22N2O2/c1-2-16(12-13-4-7-15-8-5-13)9-6-14-17-10-3-11-18-14/h4-5,7-8,14H,2-3,6,9-12H2,1H3. The van der Waals surface area contributed by atoms with Crippen molar-refractivity contribution < 1.29 is 9.47 Å². The van der Waals surface area contributed by atoms with Crippen molar-refractivity contribution in [3.63, 3.8) is 0 Å². The van der Waals surface area contributed by atoms with Gasteiger partial charge < -0.3 is 9.47 Å². The molecule has 0 spiro atoms. The van der Waals surface area contributed by atoms with E-state index >= 15 is 0 Å². The van der Waals surface area contributed by atoms with Gasteiger partial charge >= 0.3 is 0 Å². The molecule has 2 heterocycles. The summed E-state index contributed by atoms with van der Waals surface area (Å²) < 4.78 is 11.1. The van der Waals surface area contributed by atoms with Gasteiger partial charge in [-0.1, -0.05) is 6.92 Å². The van der Waals surface area contributed by atoms with Crippen molar-refractivity contribution in [3.8, 4) is 0 Å². The summed E-state index contributed by atoms with van der Waals surface area (Å²) in [4.78, 5) is 6.44. The van der Waals surface area contributed by atoms with Gasteiger partial charge in [0.15, 0.2) is 6.29 Å². The van der Waals surface area contributed by atoms with Crippen molar-refractivity contribution in [3.05, 3.63) is 30.1 Å². The molecule has 1 aromatic heterocycles. The third-order valence-electron chi connectivity index (χ3n) is 3.18. The van der Waals surface area contributed by atoms with Gasteiger partial charge in [-0.15, -0.1) is 0 Å². The summed E-state index contributed by atoms with van der Waals surface area (Å²) in [5.41, 5.74) is 1.30. The van der Waals surface area contributed by atoms with Crippen molar-refractivity contribution in [1.82, 2.24) is 9.88 Å². The van der Waals surface area contributed by atoms with E-state index in [1.54, 1.807) is 0 Å². The minimum Gasteiger partial charge on any atom is -0.353 e. The lowest BCUT2D eigenvalue weighted by molar-refractivity contribution is -0.182. The Morgan fingerprint density at radius 1 is 1.28 bits per heavy atom. The summed E-state index contributed by atoms with van der Waals surface area (Å²) in [6, 6.07) is 4.13. The van der Waals surface area contributed by atoms with E-state index < -0.39 is 0 Å². The smallest absolute Gasteiger partial charge is 0.158 e. The molecule has 2 rings (SSSR count). The second kappa shape index (κ2) is 7.46. The lowest BCUT2D eigenvalue weighted by atomic mass is 10.2. The van der Waals surface area contributed by atoms with Crippen molar-refractivity contribution in [2.24, 2.45) is 0 Å². The summed E-state index contributed by atoms with van der Waals surface area (Å²) in [5, 5.41) is 0. The number of rotatable bonds is 6. The van der Waals surface area contributed by atoms with E-state index in [1.807, 2.05) is 12.4 Å². The Bertz CT molecular complexity index is 326. The van der Waals surface area contributed by atoms with Gasteiger partial charge in [-0.2, -0.15) is 0 Å². The zero-order valence-electron chi connectivity index (χ0n) is 11.0. The molecule has 0 atom stereocenters. The van der Waals surface area contributed by atoms with Gasteiger partial charge in [0.2, 0.25) is 0 Å². The maximum absolute atomic E-state index is 5.56. The summed E-state index contributed by atoms with van der Waals surface area (Å²) >= 11 is 0. The van der Waals surface area contributed by atoms with Crippen LogP contribution in [0.25, 0.3) is 0 Å². The van der Waals surface area contributed by atoms with Gasteiger partial charge in [0.1, 0.15) is 0 Å². The SMILES string of the molecule is CCN(CCC1OCCCO1)Cc1ccncc1. The van der Waals surface area contributed by atoms with E-state index in [9.17, 15) is 0 Å². The number of ether oxygens (including phenoxy) is 2. The van der Waals surface area contributed by atoms with Gasteiger partial charge in [-0.05, 0) is 30.7 Å². The van der Waals surface area contributed by atoms with Gasteiger partial charge in [0.05, 0.1) is 13.2 Å². The average Bonchev–Trinajstić information content (AvgIpc) is 2.45. The fourth-order valence-corrected chi connectivity index (χ4v) is 2.09. The quantitative estimate of drug-likeness (QED) is 0.774. The fraction of sp³-hybridized carbons (Fsp3) is 0.643. The first-order valence-corrected chi connectivity index (χ1v) is 6.73. The van der Waals surface area contributed by atoms with Crippen LogP contribution in [0.5, 0.6) is 0 Å². The summed E-state index contributed by atoms with van der Waals surface area (Å²) in [7, 11) is 0. The maximum atomic E-state index is 5.56. The van der Waals surface area contributed by atoms with E-state index in [0.717, 1.165) is 45.7 Å². The Kier molecular flexibility index (Phi) is 5.58.